The van der Waals surface area contributed by atoms with Crippen LogP contribution in [0.4, 0.5) is 0 Å². The monoisotopic (exact) mass is 317 g/mol. The molecule has 2 saturated heterocycles. The summed E-state index contributed by atoms with van der Waals surface area (Å²) in [7, 11) is 0. The fraction of sp³-hybridized carbons (Fsp3) is 0.824. The highest BCUT2D eigenvalue weighted by Crippen LogP contribution is 2.32. The third-order valence-corrected chi connectivity index (χ3v) is 5.80. The first-order valence-corrected chi connectivity index (χ1v) is 9.08. The molecule has 0 spiro atoms. The van der Waals surface area contributed by atoms with Crippen LogP contribution < -0.4 is 0 Å². The van der Waals surface area contributed by atoms with Crippen LogP contribution in [0.5, 0.6) is 0 Å². The Morgan fingerprint density at radius 1 is 1.04 bits per heavy atom. The van der Waals surface area contributed by atoms with Crippen molar-refractivity contribution in [2.24, 2.45) is 0 Å². The number of aromatic nitrogens is 3. The van der Waals surface area contributed by atoms with Gasteiger partial charge in [-0.15, -0.1) is 0 Å². The molecule has 6 nitrogen and oxygen atoms in total. The van der Waals surface area contributed by atoms with E-state index in [0.717, 1.165) is 37.7 Å². The molecule has 4 rings (SSSR count). The predicted octanol–water partition coefficient (Wildman–Crippen LogP) is 1.69. The Kier molecular flexibility index (Phi) is 3.87. The largest absolute Gasteiger partial charge is 0.337 e. The Labute approximate surface area is 137 Å². The molecule has 23 heavy (non-hydrogen) atoms. The summed E-state index contributed by atoms with van der Waals surface area (Å²) in [6, 6.07) is 1.10. The molecule has 1 aliphatic carbocycles. The summed E-state index contributed by atoms with van der Waals surface area (Å²) in [5.74, 6) is 2.11. The molecule has 3 fully saturated rings. The molecule has 1 aromatic heterocycles. The number of carbonyl (C=O) groups is 1. The van der Waals surface area contributed by atoms with Crippen LogP contribution in [-0.4, -0.2) is 62.2 Å². The molecule has 0 aromatic carbocycles. The number of carbonyl (C=O) groups excluding carboxylic acids is 1. The SMILES string of the molecule is Cc1nc(C)n(C2CN(C(=O)C3CCCN3C3CCCC3)C2)n1. The average Bonchev–Trinajstić information content (AvgIpc) is 3.18. The van der Waals surface area contributed by atoms with Crippen LogP contribution >= 0.6 is 0 Å². The first-order valence-electron chi connectivity index (χ1n) is 9.08. The number of aryl methyl sites for hydroxylation is 2. The van der Waals surface area contributed by atoms with Gasteiger partial charge in [0.1, 0.15) is 11.6 Å². The van der Waals surface area contributed by atoms with Crippen LogP contribution in [0.1, 0.15) is 56.2 Å². The summed E-state index contributed by atoms with van der Waals surface area (Å²) in [4.78, 5) is 21.8. The van der Waals surface area contributed by atoms with Gasteiger partial charge in [0.2, 0.25) is 5.91 Å². The molecular weight excluding hydrogens is 290 g/mol. The van der Waals surface area contributed by atoms with Crippen molar-refractivity contribution in [2.75, 3.05) is 19.6 Å². The minimum Gasteiger partial charge on any atom is -0.337 e. The molecule has 3 aliphatic rings. The van der Waals surface area contributed by atoms with Gasteiger partial charge in [0.15, 0.2) is 0 Å². The molecule has 3 heterocycles. The maximum absolute atomic E-state index is 12.9. The first-order chi connectivity index (χ1) is 11.1. The van der Waals surface area contributed by atoms with Crippen LogP contribution in [0.2, 0.25) is 0 Å². The Morgan fingerprint density at radius 2 is 1.78 bits per heavy atom. The minimum absolute atomic E-state index is 0.137. The summed E-state index contributed by atoms with van der Waals surface area (Å²) < 4.78 is 1.99. The van der Waals surface area contributed by atoms with Crippen molar-refractivity contribution in [3.63, 3.8) is 0 Å². The van der Waals surface area contributed by atoms with Gasteiger partial charge in [-0.25, -0.2) is 9.67 Å². The van der Waals surface area contributed by atoms with Gasteiger partial charge in [-0.05, 0) is 46.1 Å². The highest BCUT2D eigenvalue weighted by molar-refractivity contribution is 5.83. The number of hydrogen-bond donors (Lipinski definition) is 0. The lowest BCUT2D eigenvalue weighted by Gasteiger charge is -2.42. The number of rotatable bonds is 3. The summed E-state index contributed by atoms with van der Waals surface area (Å²) in [6.45, 7) is 6.60. The van der Waals surface area contributed by atoms with Gasteiger partial charge in [-0.3, -0.25) is 9.69 Å². The van der Waals surface area contributed by atoms with E-state index in [0.29, 0.717) is 18.0 Å². The van der Waals surface area contributed by atoms with Crippen molar-refractivity contribution in [1.29, 1.82) is 0 Å². The molecule has 1 saturated carbocycles. The second-order valence-electron chi connectivity index (χ2n) is 7.38. The maximum atomic E-state index is 12.9. The van der Waals surface area contributed by atoms with Crippen molar-refractivity contribution in [3.05, 3.63) is 11.6 Å². The van der Waals surface area contributed by atoms with Crippen molar-refractivity contribution in [3.8, 4) is 0 Å². The fourth-order valence-corrected chi connectivity index (χ4v) is 4.61. The maximum Gasteiger partial charge on any atom is 0.240 e. The minimum atomic E-state index is 0.137. The third kappa shape index (κ3) is 2.67. The van der Waals surface area contributed by atoms with E-state index in [2.05, 4.69) is 15.0 Å². The molecule has 6 heteroatoms. The van der Waals surface area contributed by atoms with Crippen LogP contribution in [0, 0.1) is 13.8 Å². The number of amides is 1. The summed E-state index contributed by atoms with van der Waals surface area (Å²) >= 11 is 0. The van der Waals surface area contributed by atoms with E-state index in [9.17, 15) is 4.79 Å². The normalized spacial score (nSPS) is 26.9. The summed E-state index contributed by atoms with van der Waals surface area (Å²) in [6.07, 6.45) is 7.44. The molecule has 1 atom stereocenters. The molecule has 1 unspecified atom stereocenters. The zero-order valence-electron chi connectivity index (χ0n) is 14.2. The molecule has 2 aliphatic heterocycles. The van der Waals surface area contributed by atoms with Gasteiger partial charge in [0.25, 0.3) is 0 Å². The highest BCUT2D eigenvalue weighted by atomic mass is 16.2. The lowest BCUT2D eigenvalue weighted by atomic mass is 10.0. The second kappa shape index (κ2) is 5.89. The van der Waals surface area contributed by atoms with Crippen LogP contribution in [0.3, 0.4) is 0 Å². The number of likely N-dealkylation sites (tertiary alicyclic amines) is 2. The van der Waals surface area contributed by atoms with E-state index >= 15 is 0 Å². The standard InChI is InChI=1S/C17H27N5O/c1-12-18-13(2)22(19-12)15-10-20(11-15)17(23)16-8-5-9-21(16)14-6-3-4-7-14/h14-16H,3-11H2,1-2H3. The second-order valence-corrected chi connectivity index (χ2v) is 7.38. The Morgan fingerprint density at radius 3 is 2.43 bits per heavy atom. The van der Waals surface area contributed by atoms with Crippen molar-refractivity contribution < 1.29 is 4.79 Å². The van der Waals surface area contributed by atoms with Gasteiger partial charge < -0.3 is 4.90 Å². The molecular formula is C17H27N5O. The lowest BCUT2D eigenvalue weighted by molar-refractivity contribution is -0.142. The van der Waals surface area contributed by atoms with Crippen molar-refractivity contribution >= 4 is 5.91 Å². The van der Waals surface area contributed by atoms with E-state index in [-0.39, 0.29) is 6.04 Å². The average molecular weight is 317 g/mol. The van der Waals surface area contributed by atoms with Crippen LogP contribution in [0.15, 0.2) is 0 Å². The topological polar surface area (TPSA) is 54.3 Å². The summed E-state index contributed by atoms with van der Waals surface area (Å²) in [5.41, 5.74) is 0. The van der Waals surface area contributed by atoms with Crippen molar-refractivity contribution in [1.82, 2.24) is 24.6 Å². The van der Waals surface area contributed by atoms with Crippen LogP contribution in [-0.2, 0) is 4.79 Å². The smallest absolute Gasteiger partial charge is 0.240 e. The van der Waals surface area contributed by atoms with Crippen molar-refractivity contribution in [2.45, 2.75) is 70.5 Å². The van der Waals surface area contributed by atoms with Gasteiger partial charge in [-0.1, -0.05) is 12.8 Å². The van der Waals surface area contributed by atoms with E-state index in [1.54, 1.807) is 0 Å². The van der Waals surface area contributed by atoms with Gasteiger partial charge in [0, 0.05) is 19.1 Å². The summed E-state index contributed by atoms with van der Waals surface area (Å²) in [5, 5.41) is 4.46. The van der Waals surface area contributed by atoms with E-state index in [1.807, 2.05) is 23.4 Å². The van der Waals surface area contributed by atoms with Gasteiger partial charge in [0.05, 0.1) is 12.1 Å². The van der Waals surface area contributed by atoms with E-state index in [4.69, 9.17) is 0 Å². The Balaban J connectivity index is 1.38. The Hall–Kier alpha value is -1.43. The number of nitrogens with zero attached hydrogens (tertiary/aromatic N) is 5. The molecule has 0 radical (unpaired) electrons. The zero-order chi connectivity index (χ0) is 16.0. The molecule has 1 amide bonds. The van der Waals surface area contributed by atoms with E-state index < -0.39 is 0 Å². The molecule has 1 aromatic rings. The van der Waals surface area contributed by atoms with Crippen LogP contribution in [0.25, 0.3) is 0 Å². The number of hydrogen-bond acceptors (Lipinski definition) is 4. The zero-order valence-corrected chi connectivity index (χ0v) is 14.2. The lowest BCUT2D eigenvalue weighted by Crippen LogP contribution is -2.57. The Bertz CT molecular complexity index is 586. The quantitative estimate of drug-likeness (QED) is 0.851. The van der Waals surface area contributed by atoms with E-state index in [1.165, 1.54) is 32.1 Å². The first kappa shape index (κ1) is 15.1. The third-order valence-electron chi connectivity index (χ3n) is 5.80. The molecule has 0 bridgehead atoms. The fourth-order valence-electron chi connectivity index (χ4n) is 4.61. The molecule has 126 valence electrons. The predicted molar refractivity (Wildman–Crippen MR) is 87.1 cm³/mol. The highest BCUT2D eigenvalue weighted by Gasteiger charge is 2.42. The van der Waals surface area contributed by atoms with Gasteiger partial charge in [-0.2, -0.15) is 5.10 Å². The van der Waals surface area contributed by atoms with Gasteiger partial charge >= 0.3 is 0 Å². The molecule has 0 N–H and O–H groups in total.